The number of nitrogens with zero attached hydrogens (tertiary/aromatic N) is 1. The van der Waals surface area contributed by atoms with Crippen LogP contribution in [-0.2, 0) is 0 Å². The van der Waals surface area contributed by atoms with Gasteiger partial charge in [0.1, 0.15) is 5.69 Å². The Morgan fingerprint density at radius 2 is 1.88 bits per heavy atom. The average molecular weight is 334 g/mol. The number of nitrogens with two attached hydrogens (primary N) is 1. The molecule has 0 aliphatic heterocycles. The van der Waals surface area contributed by atoms with Crippen molar-refractivity contribution in [1.29, 1.82) is 5.41 Å². The summed E-state index contributed by atoms with van der Waals surface area (Å²) >= 11 is 0. The van der Waals surface area contributed by atoms with Crippen molar-refractivity contribution in [1.82, 2.24) is 10.4 Å². The summed E-state index contributed by atoms with van der Waals surface area (Å²) < 4.78 is 0. The monoisotopic (exact) mass is 334 g/mol. The van der Waals surface area contributed by atoms with Crippen LogP contribution in [0.1, 0.15) is 23.0 Å². The van der Waals surface area contributed by atoms with Gasteiger partial charge in [0.05, 0.1) is 5.71 Å². The lowest BCUT2D eigenvalue weighted by molar-refractivity contribution is 0.102. The summed E-state index contributed by atoms with van der Waals surface area (Å²) in [5.41, 5.74) is 11.3. The van der Waals surface area contributed by atoms with E-state index in [0.717, 1.165) is 16.5 Å². The number of benzene rings is 2. The fraction of sp³-hybridized carbons (Fsp3) is 0.0556. The molecule has 126 valence electrons. The van der Waals surface area contributed by atoms with Crippen LogP contribution in [0.15, 0.2) is 59.7 Å². The van der Waals surface area contributed by atoms with Gasteiger partial charge in [0.15, 0.2) is 0 Å². The fourth-order valence-corrected chi connectivity index (χ4v) is 2.40. The third-order valence-electron chi connectivity index (χ3n) is 3.68. The van der Waals surface area contributed by atoms with E-state index < -0.39 is 0 Å². The molecule has 1 amide bonds. The molecule has 1 heterocycles. The number of anilines is 1. The molecule has 0 unspecified atom stereocenters. The van der Waals surface area contributed by atoms with E-state index in [-0.39, 0.29) is 11.9 Å². The summed E-state index contributed by atoms with van der Waals surface area (Å²) in [5.74, 6) is -0.422. The van der Waals surface area contributed by atoms with Crippen LogP contribution in [0.5, 0.6) is 0 Å². The Morgan fingerprint density at radius 1 is 1.16 bits per heavy atom. The minimum Gasteiger partial charge on any atom is -0.369 e. The molecule has 7 nitrogen and oxygen atoms in total. The number of guanidine groups is 1. The number of hydrogen-bond acceptors (Lipinski definition) is 3. The van der Waals surface area contributed by atoms with Gasteiger partial charge in [0.2, 0.25) is 5.96 Å². The maximum absolute atomic E-state index is 12.4. The highest BCUT2D eigenvalue weighted by Crippen LogP contribution is 2.16. The first-order valence-corrected chi connectivity index (χ1v) is 7.67. The van der Waals surface area contributed by atoms with Gasteiger partial charge in [-0.25, -0.2) is 5.43 Å². The zero-order valence-corrected chi connectivity index (χ0v) is 13.6. The molecule has 0 radical (unpaired) electrons. The number of carbonyl (C=O) groups excluding carboxylic acids is 1. The van der Waals surface area contributed by atoms with Crippen LogP contribution in [0.2, 0.25) is 0 Å². The number of para-hydroxylation sites is 1. The van der Waals surface area contributed by atoms with Crippen LogP contribution in [0.3, 0.4) is 0 Å². The molecule has 6 N–H and O–H groups in total. The molecule has 0 spiro atoms. The minimum atomic E-state index is -0.221. The first kappa shape index (κ1) is 16.3. The number of aromatic amines is 1. The summed E-state index contributed by atoms with van der Waals surface area (Å²) in [6, 6.07) is 16.8. The number of carbonyl (C=O) groups is 1. The van der Waals surface area contributed by atoms with Crippen LogP contribution in [-0.4, -0.2) is 22.6 Å². The first-order chi connectivity index (χ1) is 12.0. The lowest BCUT2D eigenvalue weighted by Gasteiger charge is -2.06. The van der Waals surface area contributed by atoms with Crippen LogP contribution in [0.25, 0.3) is 10.9 Å². The second-order valence-electron chi connectivity index (χ2n) is 5.52. The van der Waals surface area contributed by atoms with E-state index in [0.29, 0.717) is 17.1 Å². The van der Waals surface area contributed by atoms with Crippen molar-refractivity contribution in [2.24, 2.45) is 10.8 Å². The van der Waals surface area contributed by atoms with Crippen LogP contribution >= 0.6 is 0 Å². The predicted molar refractivity (Wildman–Crippen MR) is 100.0 cm³/mol. The van der Waals surface area contributed by atoms with E-state index >= 15 is 0 Å². The largest absolute Gasteiger partial charge is 0.369 e. The van der Waals surface area contributed by atoms with Crippen LogP contribution in [0, 0.1) is 5.41 Å². The second kappa shape index (κ2) is 6.88. The summed E-state index contributed by atoms with van der Waals surface area (Å²) in [6.45, 7) is 1.80. The van der Waals surface area contributed by atoms with Gasteiger partial charge in [-0.3, -0.25) is 10.2 Å². The molecule has 0 bridgehead atoms. The minimum absolute atomic E-state index is 0.201. The molecule has 0 saturated carbocycles. The fourth-order valence-electron chi connectivity index (χ4n) is 2.40. The summed E-state index contributed by atoms with van der Waals surface area (Å²) in [5, 5.41) is 14.9. The van der Waals surface area contributed by atoms with Gasteiger partial charge >= 0.3 is 0 Å². The van der Waals surface area contributed by atoms with Crippen molar-refractivity contribution in [3.8, 4) is 0 Å². The lowest BCUT2D eigenvalue weighted by atomic mass is 10.1. The van der Waals surface area contributed by atoms with E-state index in [1.807, 2.05) is 42.5 Å². The van der Waals surface area contributed by atoms with Gasteiger partial charge in [-0.2, -0.15) is 5.10 Å². The molecular formula is C18H18N6O. The molecule has 1 aromatic heterocycles. The molecular weight excluding hydrogens is 316 g/mol. The number of fused-ring (bicyclic) bond motifs is 1. The number of nitrogens with one attached hydrogen (secondary N) is 4. The van der Waals surface area contributed by atoms with E-state index in [1.165, 1.54) is 0 Å². The van der Waals surface area contributed by atoms with Crippen molar-refractivity contribution in [3.63, 3.8) is 0 Å². The number of amides is 1. The molecule has 0 saturated heterocycles. The Labute approximate surface area is 144 Å². The van der Waals surface area contributed by atoms with Crippen molar-refractivity contribution in [2.45, 2.75) is 6.92 Å². The molecule has 7 heteroatoms. The van der Waals surface area contributed by atoms with Crippen LogP contribution in [0.4, 0.5) is 5.69 Å². The van der Waals surface area contributed by atoms with Gasteiger partial charge < -0.3 is 16.0 Å². The van der Waals surface area contributed by atoms with E-state index in [9.17, 15) is 4.79 Å². The molecule has 0 aliphatic carbocycles. The van der Waals surface area contributed by atoms with Crippen molar-refractivity contribution in [3.05, 3.63) is 65.9 Å². The number of aromatic nitrogens is 1. The highest BCUT2D eigenvalue weighted by atomic mass is 16.1. The molecule has 0 atom stereocenters. The topological polar surface area (TPSA) is 119 Å². The molecule has 3 rings (SSSR count). The third kappa shape index (κ3) is 3.84. The smallest absolute Gasteiger partial charge is 0.272 e. The van der Waals surface area contributed by atoms with Crippen molar-refractivity contribution in [2.75, 3.05) is 5.32 Å². The predicted octanol–water partition coefficient (Wildman–Crippen LogP) is 2.63. The van der Waals surface area contributed by atoms with Gasteiger partial charge in [0, 0.05) is 16.6 Å². The molecule has 25 heavy (non-hydrogen) atoms. The number of H-pyrrole nitrogens is 1. The number of rotatable bonds is 4. The Kier molecular flexibility index (Phi) is 4.47. The van der Waals surface area contributed by atoms with E-state index in [1.54, 1.807) is 19.1 Å². The molecule has 0 aliphatic rings. The Morgan fingerprint density at radius 3 is 2.56 bits per heavy atom. The third-order valence-corrected chi connectivity index (χ3v) is 3.68. The summed E-state index contributed by atoms with van der Waals surface area (Å²) in [7, 11) is 0. The summed E-state index contributed by atoms with van der Waals surface area (Å²) in [6.07, 6.45) is 0. The Balaban J connectivity index is 1.71. The maximum Gasteiger partial charge on any atom is 0.272 e. The normalized spacial score (nSPS) is 11.3. The van der Waals surface area contributed by atoms with E-state index in [4.69, 9.17) is 11.1 Å². The van der Waals surface area contributed by atoms with Crippen LogP contribution < -0.4 is 16.5 Å². The number of hydrazone groups is 1. The highest BCUT2D eigenvalue weighted by molar-refractivity contribution is 6.06. The Bertz CT molecular complexity index is 922. The average Bonchev–Trinajstić information content (AvgIpc) is 3.04. The standard InChI is InChI=1S/C18H18N6O/c1-11(23-24-18(19)20)12-6-8-14(9-7-12)21-17(25)16-10-13-4-2-3-5-15(13)22-16/h2-10,22H,1H3,(H,21,25)(H4,19,20,24)/b23-11+. The quantitative estimate of drug-likeness (QED) is 0.286. The number of hydrogen-bond donors (Lipinski definition) is 5. The van der Waals surface area contributed by atoms with Gasteiger partial charge in [-0.05, 0) is 36.8 Å². The highest BCUT2D eigenvalue weighted by Gasteiger charge is 2.09. The van der Waals surface area contributed by atoms with Gasteiger partial charge in [-0.15, -0.1) is 0 Å². The SMILES string of the molecule is C/C(=N\NC(=N)N)c1ccc(NC(=O)c2cc3ccccc3[nH]2)cc1. The second-order valence-corrected chi connectivity index (χ2v) is 5.52. The maximum atomic E-state index is 12.4. The van der Waals surface area contributed by atoms with E-state index in [2.05, 4.69) is 20.8 Å². The molecule has 3 aromatic rings. The van der Waals surface area contributed by atoms with Gasteiger partial charge in [0.25, 0.3) is 5.91 Å². The Hall–Kier alpha value is -3.61. The first-order valence-electron chi connectivity index (χ1n) is 7.67. The summed E-state index contributed by atoms with van der Waals surface area (Å²) in [4.78, 5) is 15.5. The lowest BCUT2D eigenvalue weighted by Crippen LogP contribution is -2.26. The zero-order valence-electron chi connectivity index (χ0n) is 13.6. The molecule has 0 fully saturated rings. The van der Waals surface area contributed by atoms with Crippen molar-refractivity contribution < 1.29 is 4.79 Å². The van der Waals surface area contributed by atoms with Gasteiger partial charge in [-0.1, -0.05) is 30.3 Å². The van der Waals surface area contributed by atoms with Crippen molar-refractivity contribution >= 4 is 34.2 Å². The zero-order chi connectivity index (χ0) is 17.8. The molecule has 2 aromatic carbocycles.